The number of carbonyl (C=O) groups is 1. The molecule has 2 aromatic rings. The van der Waals surface area contributed by atoms with Gasteiger partial charge in [0.2, 0.25) is 5.88 Å². The molecule has 5 nitrogen and oxygen atoms in total. The Kier molecular flexibility index (Phi) is 4.14. The fourth-order valence-electron chi connectivity index (χ4n) is 1.57. The molecule has 0 amide bonds. The topological polar surface area (TPSA) is 74.4 Å². The predicted octanol–water partition coefficient (Wildman–Crippen LogP) is 2.17. The molecule has 1 aromatic heterocycles. The van der Waals surface area contributed by atoms with Crippen molar-refractivity contribution in [3.63, 3.8) is 0 Å². The van der Waals surface area contributed by atoms with Crippen molar-refractivity contribution in [2.24, 2.45) is 0 Å². The van der Waals surface area contributed by atoms with E-state index in [0.717, 1.165) is 6.07 Å². The van der Waals surface area contributed by atoms with E-state index >= 15 is 0 Å². The van der Waals surface area contributed by atoms with Gasteiger partial charge >= 0.3 is 5.97 Å². The monoisotopic (exact) mass is 276 g/mol. The van der Waals surface area contributed by atoms with E-state index in [4.69, 9.17) is 15.2 Å². The lowest BCUT2D eigenvalue weighted by Gasteiger charge is -2.07. The first-order valence-corrected chi connectivity index (χ1v) is 5.82. The van der Waals surface area contributed by atoms with Crippen molar-refractivity contribution in [2.45, 2.75) is 6.61 Å². The third-order valence-corrected chi connectivity index (χ3v) is 2.55. The zero-order valence-corrected chi connectivity index (χ0v) is 10.8. The van der Waals surface area contributed by atoms with Crippen molar-refractivity contribution in [1.29, 1.82) is 0 Å². The predicted molar refractivity (Wildman–Crippen MR) is 70.7 cm³/mol. The average Bonchev–Trinajstić information content (AvgIpc) is 2.47. The quantitative estimate of drug-likeness (QED) is 0.684. The van der Waals surface area contributed by atoms with Crippen LogP contribution in [0.5, 0.6) is 5.88 Å². The van der Waals surface area contributed by atoms with Crippen LogP contribution >= 0.6 is 0 Å². The highest BCUT2D eigenvalue weighted by atomic mass is 19.1. The molecule has 0 bridgehead atoms. The molecule has 0 fully saturated rings. The van der Waals surface area contributed by atoms with Gasteiger partial charge in [0.25, 0.3) is 0 Å². The van der Waals surface area contributed by atoms with Crippen LogP contribution in [-0.4, -0.2) is 18.1 Å². The molecule has 0 unspecified atom stereocenters. The first-order valence-electron chi connectivity index (χ1n) is 5.82. The van der Waals surface area contributed by atoms with Gasteiger partial charge in [-0.05, 0) is 24.3 Å². The van der Waals surface area contributed by atoms with Gasteiger partial charge < -0.3 is 15.2 Å². The van der Waals surface area contributed by atoms with Gasteiger partial charge in [-0.25, -0.2) is 14.2 Å². The third-order valence-electron chi connectivity index (χ3n) is 2.55. The number of hydrogen-bond donors (Lipinski definition) is 1. The Balaban J connectivity index is 2.06. The first kappa shape index (κ1) is 13.8. The highest BCUT2D eigenvalue weighted by molar-refractivity contribution is 5.90. The van der Waals surface area contributed by atoms with Crippen molar-refractivity contribution in [3.05, 3.63) is 53.5 Å². The van der Waals surface area contributed by atoms with Gasteiger partial charge in [0, 0.05) is 11.8 Å². The molecule has 0 saturated heterocycles. The number of halogens is 1. The highest BCUT2D eigenvalue weighted by Gasteiger charge is 2.14. The fourth-order valence-corrected chi connectivity index (χ4v) is 1.57. The van der Waals surface area contributed by atoms with Crippen LogP contribution in [0.25, 0.3) is 0 Å². The number of benzene rings is 1. The Hall–Kier alpha value is -2.63. The molecular weight excluding hydrogens is 263 g/mol. The summed E-state index contributed by atoms with van der Waals surface area (Å²) in [5.41, 5.74) is 6.10. The summed E-state index contributed by atoms with van der Waals surface area (Å²) in [4.78, 5) is 15.8. The SMILES string of the molecule is COc1cccc(COC(=O)c2cc(N)ccc2F)n1. The number of pyridine rings is 1. The van der Waals surface area contributed by atoms with Crippen LogP contribution in [0.4, 0.5) is 10.1 Å². The maximum absolute atomic E-state index is 13.5. The zero-order chi connectivity index (χ0) is 14.5. The molecule has 0 aliphatic carbocycles. The maximum atomic E-state index is 13.5. The summed E-state index contributed by atoms with van der Waals surface area (Å²) in [5.74, 6) is -1.06. The van der Waals surface area contributed by atoms with Crippen LogP contribution in [0.2, 0.25) is 0 Å². The second-order valence-electron chi connectivity index (χ2n) is 3.99. The van der Waals surface area contributed by atoms with Crippen molar-refractivity contribution in [2.75, 3.05) is 12.8 Å². The summed E-state index contributed by atoms with van der Waals surface area (Å²) in [6.45, 7) is -0.0791. The molecule has 0 radical (unpaired) electrons. The smallest absolute Gasteiger partial charge is 0.341 e. The number of hydrogen-bond acceptors (Lipinski definition) is 5. The van der Waals surface area contributed by atoms with Gasteiger partial charge in [-0.3, -0.25) is 0 Å². The summed E-state index contributed by atoms with van der Waals surface area (Å²) >= 11 is 0. The number of ether oxygens (including phenoxy) is 2. The molecule has 20 heavy (non-hydrogen) atoms. The van der Waals surface area contributed by atoms with Gasteiger partial charge in [0.1, 0.15) is 12.4 Å². The van der Waals surface area contributed by atoms with Crippen molar-refractivity contribution in [3.8, 4) is 5.88 Å². The highest BCUT2D eigenvalue weighted by Crippen LogP contribution is 2.14. The van der Waals surface area contributed by atoms with E-state index in [2.05, 4.69) is 4.98 Å². The molecule has 0 saturated carbocycles. The van der Waals surface area contributed by atoms with E-state index in [-0.39, 0.29) is 17.9 Å². The van der Waals surface area contributed by atoms with Crippen molar-refractivity contribution < 1.29 is 18.7 Å². The van der Waals surface area contributed by atoms with Gasteiger partial charge in [-0.1, -0.05) is 6.07 Å². The van der Waals surface area contributed by atoms with Crippen LogP contribution in [0.1, 0.15) is 16.1 Å². The van der Waals surface area contributed by atoms with Gasteiger partial charge in [-0.2, -0.15) is 0 Å². The number of aromatic nitrogens is 1. The fraction of sp³-hybridized carbons (Fsp3) is 0.143. The van der Waals surface area contributed by atoms with E-state index in [9.17, 15) is 9.18 Å². The Morgan fingerprint density at radius 2 is 2.15 bits per heavy atom. The lowest BCUT2D eigenvalue weighted by atomic mass is 10.2. The van der Waals surface area contributed by atoms with E-state index in [0.29, 0.717) is 11.6 Å². The lowest BCUT2D eigenvalue weighted by Crippen LogP contribution is -2.09. The number of methoxy groups -OCH3 is 1. The minimum absolute atomic E-state index is 0.0791. The summed E-state index contributed by atoms with van der Waals surface area (Å²) in [6, 6.07) is 8.78. The van der Waals surface area contributed by atoms with E-state index in [1.807, 2.05) is 0 Å². The summed E-state index contributed by atoms with van der Waals surface area (Å²) in [7, 11) is 1.49. The molecule has 1 aromatic carbocycles. The van der Waals surface area contributed by atoms with Crippen LogP contribution in [0, 0.1) is 5.82 Å². The van der Waals surface area contributed by atoms with Crippen LogP contribution in [0.3, 0.4) is 0 Å². The standard InChI is InChI=1S/C14H13FN2O3/c1-19-13-4-2-3-10(17-13)8-20-14(18)11-7-9(16)5-6-12(11)15/h2-7H,8,16H2,1H3. The van der Waals surface area contributed by atoms with E-state index < -0.39 is 11.8 Å². The first-order chi connectivity index (χ1) is 9.60. The summed E-state index contributed by atoms with van der Waals surface area (Å²) in [6.07, 6.45) is 0. The molecule has 0 aliphatic heterocycles. The number of rotatable bonds is 4. The second-order valence-corrected chi connectivity index (χ2v) is 3.99. The molecule has 1 heterocycles. The molecule has 6 heteroatoms. The molecule has 0 spiro atoms. The second kappa shape index (κ2) is 6.01. The summed E-state index contributed by atoms with van der Waals surface area (Å²) < 4.78 is 23.4. The normalized spacial score (nSPS) is 10.1. The Bertz CT molecular complexity index is 632. The zero-order valence-electron chi connectivity index (χ0n) is 10.8. The number of nitrogens with zero attached hydrogens (tertiary/aromatic N) is 1. The summed E-state index contributed by atoms with van der Waals surface area (Å²) in [5, 5.41) is 0. The number of anilines is 1. The number of nitrogen functional groups attached to an aromatic ring is 1. The molecular formula is C14H13FN2O3. The number of nitrogens with two attached hydrogens (primary N) is 1. The van der Waals surface area contributed by atoms with Gasteiger partial charge in [-0.15, -0.1) is 0 Å². The van der Waals surface area contributed by atoms with Crippen LogP contribution < -0.4 is 10.5 Å². The number of carbonyl (C=O) groups excluding carboxylic acids is 1. The van der Waals surface area contributed by atoms with Gasteiger partial charge in [0.15, 0.2) is 0 Å². The molecule has 0 aliphatic rings. The van der Waals surface area contributed by atoms with E-state index in [1.165, 1.54) is 19.2 Å². The van der Waals surface area contributed by atoms with Crippen molar-refractivity contribution in [1.82, 2.24) is 4.98 Å². The molecule has 104 valence electrons. The minimum atomic E-state index is -0.792. The van der Waals surface area contributed by atoms with Gasteiger partial charge in [0.05, 0.1) is 18.4 Å². The largest absolute Gasteiger partial charge is 0.481 e. The van der Waals surface area contributed by atoms with Crippen LogP contribution in [-0.2, 0) is 11.3 Å². The maximum Gasteiger partial charge on any atom is 0.341 e. The third kappa shape index (κ3) is 3.23. The Labute approximate surface area is 115 Å². The number of esters is 1. The van der Waals surface area contributed by atoms with Crippen molar-refractivity contribution >= 4 is 11.7 Å². The molecule has 0 atom stereocenters. The average molecular weight is 276 g/mol. The Morgan fingerprint density at radius 1 is 1.35 bits per heavy atom. The van der Waals surface area contributed by atoms with Crippen LogP contribution in [0.15, 0.2) is 36.4 Å². The lowest BCUT2D eigenvalue weighted by molar-refractivity contribution is 0.0461. The molecule has 2 rings (SSSR count). The Morgan fingerprint density at radius 3 is 2.90 bits per heavy atom. The van der Waals surface area contributed by atoms with E-state index in [1.54, 1.807) is 18.2 Å². The minimum Gasteiger partial charge on any atom is -0.481 e. The molecule has 2 N–H and O–H groups in total.